The van der Waals surface area contributed by atoms with Crippen LogP contribution in [0.2, 0.25) is 0 Å². The average Bonchev–Trinajstić information content (AvgIpc) is 2.46. The van der Waals surface area contributed by atoms with Crippen molar-refractivity contribution in [3.05, 3.63) is 65.2 Å². The van der Waals surface area contributed by atoms with Gasteiger partial charge in [-0.1, -0.05) is 29.8 Å². The molecule has 110 valence electrons. The molecule has 0 aliphatic heterocycles. The highest BCUT2D eigenvalue weighted by atomic mass is 16.4. The van der Waals surface area contributed by atoms with Crippen molar-refractivity contribution < 1.29 is 9.90 Å². The fourth-order valence-corrected chi connectivity index (χ4v) is 2.32. The van der Waals surface area contributed by atoms with Crippen LogP contribution in [0.4, 0.5) is 5.69 Å². The van der Waals surface area contributed by atoms with E-state index in [2.05, 4.69) is 43.4 Å². The molecule has 0 aromatic heterocycles. The predicted molar refractivity (Wildman–Crippen MR) is 86.0 cm³/mol. The van der Waals surface area contributed by atoms with Crippen molar-refractivity contribution in [2.24, 2.45) is 0 Å². The molecule has 0 fully saturated rings. The number of rotatable bonds is 6. The molecule has 0 saturated heterocycles. The van der Waals surface area contributed by atoms with Gasteiger partial charge in [-0.2, -0.15) is 0 Å². The minimum absolute atomic E-state index is 0.313. The Labute approximate surface area is 125 Å². The summed E-state index contributed by atoms with van der Waals surface area (Å²) in [6.07, 6.45) is 2.06. The first-order chi connectivity index (χ1) is 10.0. The highest BCUT2D eigenvalue weighted by Crippen LogP contribution is 2.14. The Morgan fingerprint density at radius 1 is 1.19 bits per heavy atom. The monoisotopic (exact) mass is 283 g/mol. The molecule has 0 radical (unpaired) electrons. The molecule has 0 spiro atoms. The molecule has 3 heteroatoms. The lowest BCUT2D eigenvalue weighted by atomic mass is 10.0. The molecule has 0 aliphatic carbocycles. The Kier molecular flexibility index (Phi) is 4.99. The third kappa shape index (κ3) is 4.63. The maximum Gasteiger partial charge on any atom is 0.335 e. The van der Waals surface area contributed by atoms with E-state index in [1.807, 2.05) is 12.1 Å². The molecule has 2 rings (SSSR count). The van der Waals surface area contributed by atoms with Gasteiger partial charge in [0, 0.05) is 11.7 Å². The first-order valence-electron chi connectivity index (χ1n) is 7.20. The average molecular weight is 283 g/mol. The van der Waals surface area contributed by atoms with Gasteiger partial charge >= 0.3 is 5.97 Å². The van der Waals surface area contributed by atoms with E-state index in [-0.39, 0.29) is 0 Å². The van der Waals surface area contributed by atoms with Crippen molar-refractivity contribution in [2.45, 2.75) is 32.7 Å². The number of hydrogen-bond donors (Lipinski definition) is 2. The number of hydrogen-bond acceptors (Lipinski definition) is 2. The van der Waals surface area contributed by atoms with Crippen LogP contribution in [0.5, 0.6) is 0 Å². The third-order valence-electron chi connectivity index (χ3n) is 3.49. The van der Waals surface area contributed by atoms with E-state index in [1.54, 1.807) is 12.1 Å². The van der Waals surface area contributed by atoms with Gasteiger partial charge in [0.05, 0.1) is 5.56 Å². The fourth-order valence-electron chi connectivity index (χ4n) is 2.32. The molecule has 1 unspecified atom stereocenters. The standard InChI is InChI=1S/C18H21NO2/c1-13-4-3-5-15(12-13)7-6-14(2)19-17-10-8-16(9-11-17)18(20)21/h3-5,8-12,14,19H,6-7H2,1-2H3,(H,20,21). The molecular weight excluding hydrogens is 262 g/mol. The Bertz CT molecular complexity index is 605. The zero-order valence-corrected chi connectivity index (χ0v) is 12.5. The molecule has 0 amide bonds. The lowest BCUT2D eigenvalue weighted by Gasteiger charge is -2.15. The molecule has 0 saturated carbocycles. The summed E-state index contributed by atoms with van der Waals surface area (Å²) in [5.74, 6) is -0.894. The van der Waals surface area contributed by atoms with Crippen molar-refractivity contribution in [3.8, 4) is 0 Å². The summed E-state index contributed by atoms with van der Waals surface area (Å²) in [5.41, 5.74) is 3.91. The van der Waals surface area contributed by atoms with E-state index in [1.165, 1.54) is 11.1 Å². The molecule has 0 bridgehead atoms. The topological polar surface area (TPSA) is 49.3 Å². The van der Waals surface area contributed by atoms with E-state index >= 15 is 0 Å². The minimum atomic E-state index is -0.894. The summed E-state index contributed by atoms with van der Waals surface area (Å²) in [6.45, 7) is 4.25. The summed E-state index contributed by atoms with van der Waals surface area (Å²) < 4.78 is 0. The van der Waals surface area contributed by atoms with Gasteiger partial charge in [-0.15, -0.1) is 0 Å². The van der Waals surface area contributed by atoms with Gasteiger partial charge in [-0.05, 0) is 56.5 Å². The van der Waals surface area contributed by atoms with E-state index < -0.39 is 5.97 Å². The number of carboxylic acid groups (broad SMARTS) is 1. The van der Waals surface area contributed by atoms with Gasteiger partial charge in [0.1, 0.15) is 0 Å². The van der Waals surface area contributed by atoms with Crippen LogP contribution in [-0.2, 0) is 6.42 Å². The molecule has 2 aromatic rings. The predicted octanol–water partition coefficient (Wildman–Crippen LogP) is 4.13. The van der Waals surface area contributed by atoms with E-state index in [4.69, 9.17) is 5.11 Å². The van der Waals surface area contributed by atoms with Crippen LogP contribution < -0.4 is 5.32 Å². The highest BCUT2D eigenvalue weighted by Gasteiger charge is 2.05. The number of carboxylic acids is 1. The zero-order valence-electron chi connectivity index (χ0n) is 12.5. The third-order valence-corrected chi connectivity index (χ3v) is 3.49. The zero-order chi connectivity index (χ0) is 15.2. The van der Waals surface area contributed by atoms with Crippen LogP contribution in [0.25, 0.3) is 0 Å². The number of carbonyl (C=O) groups is 1. The van der Waals surface area contributed by atoms with E-state index in [0.717, 1.165) is 18.5 Å². The molecule has 0 heterocycles. The van der Waals surface area contributed by atoms with Crippen LogP contribution in [0.1, 0.15) is 34.8 Å². The van der Waals surface area contributed by atoms with Crippen molar-refractivity contribution in [1.82, 2.24) is 0 Å². The van der Waals surface area contributed by atoms with Crippen molar-refractivity contribution >= 4 is 11.7 Å². The van der Waals surface area contributed by atoms with Crippen molar-refractivity contribution in [3.63, 3.8) is 0 Å². The summed E-state index contributed by atoms with van der Waals surface area (Å²) in [6, 6.07) is 15.8. The smallest absolute Gasteiger partial charge is 0.335 e. The lowest BCUT2D eigenvalue weighted by molar-refractivity contribution is 0.0697. The van der Waals surface area contributed by atoms with Gasteiger partial charge in [0.25, 0.3) is 0 Å². The summed E-state index contributed by atoms with van der Waals surface area (Å²) in [7, 11) is 0. The second kappa shape index (κ2) is 6.93. The Morgan fingerprint density at radius 2 is 1.90 bits per heavy atom. The first-order valence-corrected chi connectivity index (χ1v) is 7.20. The van der Waals surface area contributed by atoms with Gasteiger partial charge in [0.2, 0.25) is 0 Å². The number of anilines is 1. The van der Waals surface area contributed by atoms with Gasteiger partial charge < -0.3 is 10.4 Å². The van der Waals surface area contributed by atoms with Gasteiger partial charge in [0.15, 0.2) is 0 Å². The molecule has 21 heavy (non-hydrogen) atoms. The van der Waals surface area contributed by atoms with Crippen LogP contribution in [-0.4, -0.2) is 17.1 Å². The quantitative estimate of drug-likeness (QED) is 0.838. The Morgan fingerprint density at radius 3 is 2.52 bits per heavy atom. The molecule has 1 atom stereocenters. The van der Waals surface area contributed by atoms with Crippen LogP contribution in [0, 0.1) is 6.92 Å². The summed E-state index contributed by atoms with van der Waals surface area (Å²) in [5, 5.41) is 12.3. The second-order valence-electron chi connectivity index (χ2n) is 5.46. The maximum absolute atomic E-state index is 10.8. The van der Waals surface area contributed by atoms with E-state index in [9.17, 15) is 4.79 Å². The fraction of sp³-hybridized carbons (Fsp3) is 0.278. The number of aryl methyl sites for hydroxylation is 2. The van der Waals surface area contributed by atoms with Crippen molar-refractivity contribution in [2.75, 3.05) is 5.32 Å². The number of nitrogens with one attached hydrogen (secondary N) is 1. The van der Waals surface area contributed by atoms with Crippen LogP contribution >= 0.6 is 0 Å². The summed E-state index contributed by atoms with van der Waals surface area (Å²) >= 11 is 0. The Hall–Kier alpha value is -2.29. The number of aromatic carboxylic acids is 1. The number of benzene rings is 2. The lowest BCUT2D eigenvalue weighted by Crippen LogP contribution is -2.16. The van der Waals surface area contributed by atoms with Crippen LogP contribution in [0.15, 0.2) is 48.5 Å². The van der Waals surface area contributed by atoms with Gasteiger partial charge in [-0.3, -0.25) is 0 Å². The minimum Gasteiger partial charge on any atom is -0.478 e. The molecule has 0 aliphatic rings. The summed E-state index contributed by atoms with van der Waals surface area (Å²) in [4.78, 5) is 10.8. The van der Waals surface area contributed by atoms with E-state index in [0.29, 0.717) is 11.6 Å². The normalized spacial score (nSPS) is 11.9. The SMILES string of the molecule is Cc1cccc(CCC(C)Nc2ccc(C(=O)O)cc2)c1. The molecule has 2 aromatic carbocycles. The first kappa shape index (κ1) is 15.1. The van der Waals surface area contributed by atoms with Gasteiger partial charge in [-0.25, -0.2) is 4.79 Å². The Balaban J connectivity index is 1.86. The molecular formula is C18H21NO2. The molecule has 3 nitrogen and oxygen atoms in total. The second-order valence-corrected chi connectivity index (χ2v) is 5.46. The highest BCUT2D eigenvalue weighted by molar-refractivity contribution is 5.87. The van der Waals surface area contributed by atoms with Crippen LogP contribution in [0.3, 0.4) is 0 Å². The molecule has 2 N–H and O–H groups in total. The van der Waals surface area contributed by atoms with Crippen molar-refractivity contribution in [1.29, 1.82) is 0 Å². The maximum atomic E-state index is 10.8. The largest absolute Gasteiger partial charge is 0.478 e.